The first-order valence-electron chi connectivity index (χ1n) is 7.54. The summed E-state index contributed by atoms with van der Waals surface area (Å²) in [4.78, 5) is 12.3. The van der Waals surface area contributed by atoms with E-state index < -0.39 is 0 Å². The quantitative estimate of drug-likeness (QED) is 0.898. The molecule has 1 amide bonds. The van der Waals surface area contributed by atoms with Crippen molar-refractivity contribution in [3.8, 4) is 0 Å². The Morgan fingerprint density at radius 1 is 1.33 bits per heavy atom. The highest BCUT2D eigenvalue weighted by atomic mass is 35.5. The molecule has 118 valence electrons. The van der Waals surface area contributed by atoms with E-state index in [0.717, 1.165) is 19.5 Å². The van der Waals surface area contributed by atoms with E-state index in [1.54, 1.807) is 0 Å². The van der Waals surface area contributed by atoms with E-state index in [4.69, 9.17) is 0 Å². The van der Waals surface area contributed by atoms with E-state index in [-0.39, 0.29) is 29.8 Å². The fourth-order valence-corrected chi connectivity index (χ4v) is 2.83. The fourth-order valence-electron chi connectivity index (χ4n) is 2.83. The van der Waals surface area contributed by atoms with Crippen molar-refractivity contribution in [3.05, 3.63) is 35.9 Å². The van der Waals surface area contributed by atoms with Crippen LogP contribution < -0.4 is 10.6 Å². The SMILES string of the molecule is CC1CCNCC1NC(=O)CC(C)(C)c1ccccc1.Cl. The van der Waals surface area contributed by atoms with Crippen LogP contribution in [0.1, 0.15) is 39.2 Å². The number of hydrogen-bond acceptors (Lipinski definition) is 2. The fraction of sp³-hybridized carbons (Fsp3) is 0.588. The molecule has 0 spiro atoms. The monoisotopic (exact) mass is 310 g/mol. The number of piperidine rings is 1. The average Bonchev–Trinajstić information content (AvgIpc) is 2.42. The minimum atomic E-state index is -0.128. The van der Waals surface area contributed by atoms with Crippen LogP contribution in [-0.2, 0) is 10.2 Å². The molecule has 3 nitrogen and oxygen atoms in total. The third-order valence-electron chi connectivity index (χ3n) is 4.33. The Balaban J connectivity index is 0.00000220. The van der Waals surface area contributed by atoms with Gasteiger partial charge >= 0.3 is 0 Å². The molecular weight excluding hydrogens is 284 g/mol. The lowest BCUT2D eigenvalue weighted by Crippen LogP contribution is -2.50. The molecule has 2 unspecified atom stereocenters. The Kier molecular flexibility index (Phi) is 6.69. The summed E-state index contributed by atoms with van der Waals surface area (Å²) < 4.78 is 0. The maximum Gasteiger partial charge on any atom is 0.221 e. The first-order chi connectivity index (χ1) is 9.49. The molecule has 1 aliphatic heterocycles. The summed E-state index contributed by atoms with van der Waals surface area (Å²) in [7, 11) is 0. The van der Waals surface area contributed by atoms with Crippen LogP contribution in [0.3, 0.4) is 0 Å². The van der Waals surface area contributed by atoms with E-state index >= 15 is 0 Å². The van der Waals surface area contributed by atoms with E-state index in [1.807, 2.05) is 18.2 Å². The summed E-state index contributed by atoms with van der Waals surface area (Å²) in [6, 6.07) is 10.5. The van der Waals surface area contributed by atoms with Crippen molar-refractivity contribution in [1.82, 2.24) is 10.6 Å². The molecule has 2 rings (SSSR count). The number of nitrogens with one attached hydrogen (secondary N) is 2. The van der Waals surface area contributed by atoms with Crippen molar-refractivity contribution in [2.45, 2.75) is 45.1 Å². The predicted molar refractivity (Wildman–Crippen MR) is 89.9 cm³/mol. The van der Waals surface area contributed by atoms with Gasteiger partial charge in [0.05, 0.1) is 0 Å². The number of carbonyl (C=O) groups is 1. The molecule has 2 N–H and O–H groups in total. The lowest BCUT2D eigenvalue weighted by atomic mass is 9.81. The standard InChI is InChI=1S/C17H26N2O.ClH/c1-13-9-10-18-12-15(13)19-16(20)11-17(2,3)14-7-5-4-6-8-14;/h4-8,13,15,18H,9-12H2,1-3H3,(H,19,20);1H. The molecule has 0 saturated carbocycles. The third-order valence-corrected chi connectivity index (χ3v) is 4.33. The zero-order chi connectivity index (χ0) is 14.6. The van der Waals surface area contributed by atoms with Gasteiger partial charge in [-0.05, 0) is 29.9 Å². The Hall–Kier alpha value is -1.06. The first kappa shape index (κ1) is 18.0. The van der Waals surface area contributed by atoms with Gasteiger partial charge in [-0.15, -0.1) is 12.4 Å². The van der Waals surface area contributed by atoms with Gasteiger partial charge in [-0.1, -0.05) is 51.1 Å². The van der Waals surface area contributed by atoms with Crippen molar-refractivity contribution in [3.63, 3.8) is 0 Å². The first-order valence-corrected chi connectivity index (χ1v) is 7.54. The molecule has 4 heteroatoms. The summed E-state index contributed by atoms with van der Waals surface area (Å²) in [6.07, 6.45) is 1.66. The van der Waals surface area contributed by atoms with Crippen LogP contribution in [0.4, 0.5) is 0 Å². The van der Waals surface area contributed by atoms with Crippen molar-refractivity contribution >= 4 is 18.3 Å². The van der Waals surface area contributed by atoms with Gasteiger partial charge in [-0.2, -0.15) is 0 Å². The molecule has 1 aromatic carbocycles. The normalized spacial score (nSPS) is 22.2. The van der Waals surface area contributed by atoms with Gasteiger partial charge in [0.25, 0.3) is 0 Å². The lowest BCUT2D eigenvalue weighted by molar-refractivity contribution is -0.123. The summed E-state index contributed by atoms with van der Waals surface area (Å²) in [6.45, 7) is 8.42. The number of benzene rings is 1. The van der Waals surface area contributed by atoms with Crippen LogP contribution in [0.2, 0.25) is 0 Å². The van der Waals surface area contributed by atoms with Gasteiger partial charge in [-0.25, -0.2) is 0 Å². The van der Waals surface area contributed by atoms with Gasteiger partial charge in [0.1, 0.15) is 0 Å². The minimum Gasteiger partial charge on any atom is -0.352 e. The largest absolute Gasteiger partial charge is 0.352 e. The molecule has 1 fully saturated rings. The van der Waals surface area contributed by atoms with Crippen LogP contribution in [0.5, 0.6) is 0 Å². The van der Waals surface area contributed by atoms with Crippen molar-refractivity contribution in [2.24, 2.45) is 5.92 Å². The molecule has 1 aromatic rings. The molecule has 2 atom stereocenters. The minimum absolute atomic E-state index is 0. The second-order valence-corrected chi connectivity index (χ2v) is 6.57. The van der Waals surface area contributed by atoms with Crippen LogP contribution in [-0.4, -0.2) is 25.0 Å². The Bertz CT molecular complexity index is 447. The topological polar surface area (TPSA) is 41.1 Å². The zero-order valence-electron chi connectivity index (χ0n) is 13.2. The second kappa shape index (κ2) is 7.81. The molecule has 1 aliphatic rings. The van der Waals surface area contributed by atoms with E-state index in [9.17, 15) is 4.79 Å². The molecule has 0 aliphatic carbocycles. The number of carbonyl (C=O) groups excluding carboxylic acids is 1. The highest BCUT2D eigenvalue weighted by molar-refractivity contribution is 5.85. The lowest BCUT2D eigenvalue weighted by Gasteiger charge is -2.32. The van der Waals surface area contributed by atoms with Crippen molar-refractivity contribution in [2.75, 3.05) is 13.1 Å². The highest BCUT2D eigenvalue weighted by Gasteiger charge is 2.27. The van der Waals surface area contributed by atoms with Gasteiger partial charge in [0.2, 0.25) is 5.91 Å². The molecule has 0 aromatic heterocycles. The Morgan fingerprint density at radius 2 is 2.00 bits per heavy atom. The number of hydrogen-bond donors (Lipinski definition) is 2. The molecule has 1 heterocycles. The second-order valence-electron chi connectivity index (χ2n) is 6.57. The molecule has 0 radical (unpaired) electrons. The summed E-state index contributed by atoms with van der Waals surface area (Å²) >= 11 is 0. The summed E-state index contributed by atoms with van der Waals surface area (Å²) in [5.41, 5.74) is 1.08. The number of rotatable bonds is 4. The third kappa shape index (κ3) is 5.01. The smallest absolute Gasteiger partial charge is 0.221 e. The van der Waals surface area contributed by atoms with E-state index in [0.29, 0.717) is 12.3 Å². The molecular formula is C17H27ClN2O. The predicted octanol–water partition coefficient (Wildman–Crippen LogP) is 2.89. The number of halogens is 1. The van der Waals surface area contributed by atoms with Crippen LogP contribution in [0, 0.1) is 5.92 Å². The van der Waals surface area contributed by atoms with Crippen LogP contribution in [0.25, 0.3) is 0 Å². The summed E-state index contributed by atoms with van der Waals surface area (Å²) in [5.74, 6) is 0.708. The van der Waals surface area contributed by atoms with Crippen LogP contribution >= 0.6 is 12.4 Å². The van der Waals surface area contributed by atoms with Crippen molar-refractivity contribution < 1.29 is 4.79 Å². The van der Waals surface area contributed by atoms with Crippen molar-refractivity contribution in [1.29, 1.82) is 0 Å². The molecule has 0 bridgehead atoms. The maximum atomic E-state index is 12.3. The average molecular weight is 311 g/mol. The molecule has 1 saturated heterocycles. The summed E-state index contributed by atoms with van der Waals surface area (Å²) in [5, 5.41) is 6.54. The van der Waals surface area contributed by atoms with Gasteiger partial charge in [-0.3, -0.25) is 4.79 Å². The van der Waals surface area contributed by atoms with E-state index in [1.165, 1.54) is 5.56 Å². The maximum absolute atomic E-state index is 12.3. The Morgan fingerprint density at radius 3 is 2.62 bits per heavy atom. The highest BCUT2D eigenvalue weighted by Crippen LogP contribution is 2.26. The zero-order valence-corrected chi connectivity index (χ0v) is 14.0. The van der Waals surface area contributed by atoms with Gasteiger partial charge in [0.15, 0.2) is 0 Å². The number of amides is 1. The van der Waals surface area contributed by atoms with Gasteiger partial charge < -0.3 is 10.6 Å². The van der Waals surface area contributed by atoms with E-state index in [2.05, 4.69) is 43.5 Å². The Labute approximate surface area is 134 Å². The molecule has 21 heavy (non-hydrogen) atoms. The van der Waals surface area contributed by atoms with Gasteiger partial charge in [0, 0.05) is 19.0 Å². The van der Waals surface area contributed by atoms with Crippen LogP contribution in [0.15, 0.2) is 30.3 Å².